The predicted molar refractivity (Wildman–Crippen MR) is 159 cm³/mol. The maximum Gasteiger partial charge on any atom is 0.0996 e. The van der Waals surface area contributed by atoms with Crippen LogP contribution in [0.5, 0.6) is 0 Å². The number of rotatable bonds is 2. The van der Waals surface area contributed by atoms with E-state index in [-0.39, 0.29) is 6.04 Å². The quantitative estimate of drug-likeness (QED) is 0.348. The van der Waals surface area contributed by atoms with Crippen molar-refractivity contribution < 1.29 is 0 Å². The maximum atomic E-state index is 6.21. The van der Waals surface area contributed by atoms with Crippen LogP contribution in [-0.4, -0.2) is 12.3 Å². The molecular weight excluding hydrogens is 496 g/mol. The van der Waals surface area contributed by atoms with E-state index in [0.717, 1.165) is 46.5 Å². The van der Waals surface area contributed by atoms with Crippen molar-refractivity contribution >= 4 is 40.6 Å². The standard InChI is InChI=1S/C36H26ClN2/c1-21-19-23-7-2-3-8-25(23)28-18-17-26-27(33(21)28)10-6-11-29(26)35-34-30-9-4-5-12-32(30)39-36(34)31(20-38-35)22-13-15-24(37)16-14-22/h2-4,7-9,12-21,35H,6,10-11H2,1H3. The molecule has 2 unspecified atom stereocenters. The molecule has 39 heavy (non-hydrogen) atoms. The summed E-state index contributed by atoms with van der Waals surface area (Å²) in [6, 6.07) is 30.8. The van der Waals surface area contributed by atoms with E-state index in [4.69, 9.17) is 21.6 Å². The van der Waals surface area contributed by atoms with Gasteiger partial charge in [-0.15, -0.1) is 0 Å². The monoisotopic (exact) mass is 521 g/mol. The van der Waals surface area contributed by atoms with Crippen LogP contribution in [0.25, 0.3) is 22.8 Å². The molecule has 0 bridgehead atoms. The molecule has 2 nitrogen and oxygen atoms in total. The molecule has 2 atom stereocenters. The van der Waals surface area contributed by atoms with Crippen molar-refractivity contribution in [3.8, 4) is 0 Å². The fraction of sp³-hybridized carbons (Fsp3) is 0.167. The van der Waals surface area contributed by atoms with Crippen LogP contribution < -0.4 is 21.0 Å². The zero-order valence-electron chi connectivity index (χ0n) is 21.7. The van der Waals surface area contributed by atoms with Crippen molar-refractivity contribution in [3.63, 3.8) is 0 Å². The Morgan fingerprint density at radius 3 is 2.62 bits per heavy atom. The van der Waals surface area contributed by atoms with Crippen LogP contribution in [0.1, 0.15) is 42.4 Å². The molecule has 4 aromatic carbocycles. The summed E-state index contributed by atoms with van der Waals surface area (Å²) in [5.74, 6) is 0.386. The first-order valence-electron chi connectivity index (χ1n) is 13.8. The Kier molecular flexibility index (Phi) is 5.15. The van der Waals surface area contributed by atoms with Crippen molar-refractivity contribution in [1.82, 2.24) is 0 Å². The summed E-state index contributed by atoms with van der Waals surface area (Å²) in [6.07, 6.45) is 7.77. The second kappa shape index (κ2) is 8.76. The van der Waals surface area contributed by atoms with Gasteiger partial charge in [0.05, 0.1) is 17.1 Å². The second-order valence-electron chi connectivity index (χ2n) is 10.9. The van der Waals surface area contributed by atoms with E-state index in [1.807, 2.05) is 30.5 Å². The van der Waals surface area contributed by atoms with Crippen LogP contribution in [0, 0.1) is 16.5 Å². The van der Waals surface area contributed by atoms with Crippen molar-refractivity contribution in [2.24, 2.45) is 9.98 Å². The van der Waals surface area contributed by atoms with Crippen molar-refractivity contribution in [2.45, 2.75) is 38.1 Å². The molecule has 2 heterocycles. The maximum absolute atomic E-state index is 6.21. The number of hydrogen-bond donors (Lipinski definition) is 0. The molecule has 4 aliphatic rings. The third kappa shape index (κ3) is 3.48. The van der Waals surface area contributed by atoms with E-state index >= 15 is 0 Å². The average Bonchev–Trinajstić information content (AvgIpc) is 3.36. The Balaban J connectivity index is 1.40. The van der Waals surface area contributed by atoms with Gasteiger partial charge in [0, 0.05) is 33.5 Å². The number of benzene rings is 4. The summed E-state index contributed by atoms with van der Waals surface area (Å²) in [6.45, 7) is 2.35. The van der Waals surface area contributed by atoms with E-state index in [2.05, 4.69) is 73.7 Å². The van der Waals surface area contributed by atoms with Crippen LogP contribution >= 0.6 is 11.6 Å². The van der Waals surface area contributed by atoms with Gasteiger partial charge in [0.25, 0.3) is 0 Å². The van der Waals surface area contributed by atoms with Gasteiger partial charge in [0.2, 0.25) is 0 Å². The lowest BCUT2D eigenvalue weighted by atomic mass is 9.78. The minimum absolute atomic E-state index is 0.0456. The number of dihydropyridines is 1. The minimum Gasteiger partial charge on any atom is -0.280 e. The number of nitrogens with zero attached hydrogens (tertiary/aromatic N) is 2. The highest BCUT2D eigenvalue weighted by atomic mass is 35.5. The van der Waals surface area contributed by atoms with Crippen molar-refractivity contribution in [1.29, 1.82) is 0 Å². The molecule has 1 radical (unpaired) electrons. The fourth-order valence-electron chi connectivity index (χ4n) is 7.03. The first kappa shape index (κ1) is 22.9. The van der Waals surface area contributed by atoms with E-state index < -0.39 is 0 Å². The number of aliphatic imine (C=N–C) groups is 1. The third-order valence-corrected chi connectivity index (χ3v) is 8.95. The van der Waals surface area contributed by atoms with Gasteiger partial charge >= 0.3 is 0 Å². The lowest BCUT2D eigenvalue weighted by Crippen LogP contribution is -2.32. The molecule has 0 saturated carbocycles. The Labute approximate surface area is 232 Å². The van der Waals surface area contributed by atoms with Crippen LogP contribution in [0.3, 0.4) is 0 Å². The highest BCUT2D eigenvalue weighted by Crippen LogP contribution is 2.38. The number of allylic oxidation sites excluding steroid dienone is 1. The van der Waals surface area contributed by atoms with Crippen LogP contribution in [0.4, 0.5) is 0 Å². The van der Waals surface area contributed by atoms with Gasteiger partial charge < -0.3 is 0 Å². The lowest BCUT2D eigenvalue weighted by molar-refractivity contribution is 0.771. The van der Waals surface area contributed by atoms with E-state index in [1.165, 1.54) is 48.4 Å². The Hall–Kier alpha value is -4.01. The second-order valence-corrected chi connectivity index (χ2v) is 11.3. The summed E-state index contributed by atoms with van der Waals surface area (Å²) < 4.78 is 0. The highest BCUT2D eigenvalue weighted by Gasteiger charge is 2.32. The van der Waals surface area contributed by atoms with Crippen LogP contribution in [0.2, 0.25) is 5.02 Å². The highest BCUT2D eigenvalue weighted by molar-refractivity contribution is 6.30. The predicted octanol–water partition coefficient (Wildman–Crippen LogP) is 5.16. The van der Waals surface area contributed by atoms with Gasteiger partial charge in [0.15, 0.2) is 0 Å². The molecule has 0 spiro atoms. The fourth-order valence-corrected chi connectivity index (χ4v) is 7.15. The molecule has 0 saturated heterocycles. The molecule has 3 heteroatoms. The zero-order valence-corrected chi connectivity index (χ0v) is 22.5. The molecule has 187 valence electrons. The van der Waals surface area contributed by atoms with E-state index in [9.17, 15) is 0 Å². The topological polar surface area (TPSA) is 24.7 Å². The van der Waals surface area contributed by atoms with Gasteiger partial charge in [-0.1, -0.05) is 85.3 Å². The molecule has 2 aliphatic carbocycles. The summed E-state index contributed by atoms with van der Waals surface area (Å²) in [5.41, 5.74) is 8.80. The van der Waals surface area contributed by atoms with Crippen molar-refractivity contribution in [2.75, 3.05) is 0 Å². The summed E-state index contributed by atoms with van der Waals surface area (Å²) in [4.78, 5) is 10.4. The molecule has 0 amide bonds. The number of hydrogen-bond acceptors (Lipinski definition) is 2. The largest absolute Gasteiger partial charge is 0.280 e. The normalized spacial score (nSPS) is 20.4. The van der Waals surface area contributed by atoms with Crippen LogP contribution in [0.15, 0.2) is 94.5 Å². The van der Waals surface area contributed by atoms with Gasteiger partial charge in [-0.3, -0.25) is 4.99 Å². The SMILES string of the molecule is CC1C=c2ccccc2=c2ccc3c(c21)CCCC=3C1N=CC(c2ccc(Cl)cc2)=C2N=c3c[c]ccc3=C21. The first-order chi connectivity index (χ1) is 19.2. The molecule has 8 rings (SSSR count). The Morgan fingerprint density at radius 1 is 0.872 bits per heavy atom. The smallest absolute Gasteiger partial charge is 0.0996 e. The summed E-state index contributed by atoms with van der Waals surface area (Å²) in [5, 5.41) is 8.35. The van der Waals surface area contributed by atoms with Gasteiger partial charge in [0.1, 0.15) is 0 Å². The summed E-state index contributed by atoms with van der Waals surface area (Å²) >= 11 is 6.21. The molecule has 2 aliphatic heterocycles. The molecule has 0 aromatic heterocycles. The van der Waals surface area contributed by atoms with Gasteiger partial charge in [-0.2, -0.15) is 0 Å². The zero-order chi connectivity index (χ0) is 26.1. The Morgan fingerprint density at radius 2 is 1.72 bits per heavy atom. The van der Waals surface area contributed by atoms with Crippen LogP contribution in [-0.2, 0) is 6.42 Å². The molecule has 0 fully saturated rings. The van der Waals surface area contributed by atoms with E-state index in [1.54, 1.807) is 0 Å². The molecule has 0 N–H and O–H groups in total. The molecule has 4 aromatic rings. The average molecular weight is 522 g/mol. The first-order valence-corrected chi connectivity index (χ1v) is 14.1. The van der Waals surface area contributed by atoms with E-state index in [0.29, 0.717) is 5.92 Å². The van der Waals surface area contributed by atoms with Gasteiger partial charge in [-0.05, 0) is 86.7 Å². The Bertz CT molecular complexity index is 2120. The number of halogens is 1. The minimum atomic E-state index is -0.0456. The lowest BCUT2D eigenvalue weighted by Gasteiger charge is -2.29. The molecular formula is C36H26ClN2. The third-order valence-electron chi connectivity index (χ3n) is 8.70. The summed E-state index contributed by atoms with van der Waals surface area (Å²) in [7, 11) is 0. The van der Waals surface area contributed by atoms with Crippen molar-refractivity contribution in [3.05, 3.63) is 144 Å². The van der Waals surface area contributed by atoms with Gasteiger partial charge in [-0.25, -0.2) is 4.99 Å². The number of fused-ring (bicyclic) bond motifs is 6.